The van der Waals surface area contributed by atoms with E-state index in [0.29, 0.717) is 12.8 Å². The molecule has 0 N–H and O–H groups in total. The molecule has 3 atom stereocenters. The van der Waals surface area contributed by atoms with Crippen molar-refractivity contribution >= 4 is 11.9 Å². The summed E-state index contributed by atoms with van der Waals surface area (Å²) in [7, 11) is 1.40. The quantitative estimate of drug-likeness (QED) is 0.748. The molecule has 1 aliphatic rings. The van der Waals surface area contributed by atoms with Crippen molar-refractivity contribution in [3.63, 3.8) is 0 Å². The number of carbonyl (C=O) groups is 2. The minimum absolute atomic E-state index is 0.104. The van der Waals surface area contributed by atoms with E-state index >= 15 is 0 Å². The maximum atomic E-state index is 12.9. The van der Waals surface area contributed by atoms with Crippen molar-refractivity contribution in [1.82, 2.24) is 4.90 Å². The molecule has 0 saturated carbocycles. The van der Waals surface area contributed by atoms with Crippen molar-refractivity contribution in [3.05, 3.63) is 35.9 Å². The van der Waals surface area contributed by atoms with Crippen LogP contribution in [-0.4, -0.2) is 42.1 Å². The minimum atomic E-state index is -0.534. The summed E-state index contributed by atoms with van der Waals surface area (Å²) in [5, 5.41) is 0. The summed E-state index contributed by atoms with van der Waals surface area (Å²) in [6.07, 6.45) is 1.83. The van der Waals surface area contributed by atoms with Crippen LogP contribution in [0.1, 0.15) is 58.6 Å². The first-order valence-electron chi connectivity index (χ1n) is 9.31. The van der Waals surface area contributed by atoms with E-state index in [0.717, 1.165) is 13.0 Å². The van der Waals surface area contributed by atoms with Crippen LogP contribution in [0.15, 0.2) is 30.3 Å². The monoisotopic (exact) mass is 361 g/mol. The number of nitrogens with zero attached hydrogens (tertiary/aromatic N) is 1. The van der Waals surface area contributed by atoms with Gasteiger partial charge >= 0.3 is 11.9 Å². The predicted molar refractivity (Wildman–Crippen MR) is 101 cm³/mol. The third-order valence-corrected chi connectivity index (χ3v) is 4.89. The summed E-state index contributed by atoms with van der Waals surface area (Å²) in [5.74, 6) is -0.295. The Kier molecular flexibility index (Phi) is 6.81. The lowest BCUT2D eigenvalue weighted by molar-refractivity contribution is -0.165. The van der Waals surface area contributed by atoms with Crippen molar-refractivity contribution in [2.24, 2.45) is 5.92 Å². The second kappa shape index (κ2) is 8.67. The van der Waals surface area contributed by atoms with Crippen LogP contribution < -0.4 is 0 Å². The maximum Gasteiger partial charge on any atom is 0.323 e. The van der Waals surface area contributed by atoms with Gasteiger partial charge in [0.25, 0.3) is 0 Å². The van der Waals surface area contributed by atoms with Crippen molar-refractivity contribution in [2.45, 2.75) is 64.6 Å². The summed E-state index contributed by atoms with van der Waals surface area (Å²) in [6, 6.07) is 9.93. The van der Waals surface area contributed by atoms with Crippen molar-refractivity contribution in [3.8, 4) is 0 Å². The van der Waals surface area contributed by atoms with E-state index < -0.39 is 5.60 Å². The molecule has 5 nitrogen and oxygen atoms in total. The summed E-state index contributed by atoms with van der Waals surface area (Å²) >= 11 is 0. The summed E-state index contributed by atoms with van der Waals surface area (Å²) in [4.78, 5) is 26.8. The van der Waals surface area contributed by atoms with Crippen molar-refractivity contribution in [1.29, 1.82) is 0 Å². The summed E-state index contributed by atoms with van der Waals surface area (Å²) < 4.78 is 10.5. The van der Waals surface area contributed by atoms with Gasteiger partial charge < -0.3 is 9.47 Å². The van der Waals surface area contributed by atoms with Crippen LogP contribution in [0.2, 0.25) is 0 Å². The molecular formula is C21H31NO4. The second-order valence-corrected chi connectivity index (χ2v) is 8.04. The van der Waals surface area contributed by atoms with Crippen LogP contribution in [0, 0.1) is 5.92 Å². The van der Waals surface area contributed by atoms with E-state index in [9.17, 15) is 9.59 Å². The van der Waals surface area contributed by atoms with Gasteiger partial charge in [0.15, 0.2) is 0 Å². The van der Waals surface area contributed by atoms with E-state index in [1.807, 2.05) is 39.0 Å². The summed E-state index contributed by atoms with van der Waals surface area (Å²) in [5.41, 5.74) is 0.640. The Labute approximate surface area is 156 Å². The lowest BCUT2D eigenvalue weighted by Crippen LogP contribution is -2.50. The highest BCUT2D eigenvalue weighted by molar-refractivity contribution is 5.77. The molecule has 1 saturated heterocycles. The Morgan fingerprint density at radius 3 is 2.46 bits per heavy atom. The van der Waals surface area contributed by atoms with Gasteiger partial charge in [-0.1, -0.05) is 30.3 Å². The SMILES string of the molecule is COC(=O)C[C@@H]1CCN([C@@H](C)c2ccccc2)[C@H](C(=O)OC(C)(C)C)C1. The number of hydrogen-bond donors (Lipinski definition) is 0. The number of esters is 2. The van der Waals surface area contributed by atoms with Gasteiger partial charge in [-0.3, -0.25) is 14.5 Å². The number of carbonyl (C=O) groups excluding carboxylic acids is 2. The number of hydrogen-bond acceptors (Lipinski definition) is 5. The van der Waals surface area contributed by atoms with Gasteiger partial charge in [-0.25, -0.2) is 0 Å². The molecule has 1 aliphatic heterocycles. The molecule has 1 aromatic rings. The van der Waals surface area contributed by atoms with E-state index in [1.54, 1.807) is 0 Å². The smallest absolute Gasteiger partial charge is 0.323 e. The fourth-order valence-electron chi connectivity index (χ4n) is 3.55. The van der Waals surface area contributed by atoms with E-state index in [-0.39, 0.29) is 29.9 Å². The lowest BCUT2D eigenvalue weighted by Gasteiger charge is -2.42. The van der Waals surface area contributed by atoms with Crippen LogP contribution in [0.25, 0.3) is 0 Å². The molecule has 1 fully saturated rings. The first-order valence-corrected chi connectivity index (χ1v) is 9.31. The van der Waals surface area contributed by atoms with E-state index in [1.165, 1.54) is 12.7 Å². The molecule has 0 bridgehead atoms. The molecule has 0 spiro atoms. The van der Waals surface area contributed by atoms with Gasteiger partial charge in [-0.2, -0.15) is 0 Å². The first kappa shape index (κ1) is 20.4. The van der Waals surface area contributed by atoms with Gasteiger partial charge in [-0.05, 0) is 58.6 Å². The van der Waals surface area contributed by atoms with Crippen molar-refractivity contribution in [2.75, 3.05) is 13.7 Å². The largest absolute Gasteiger partial charge is 0.469 e. The number of piperidine rings is 1. The van der Waals surface area contributed by atoms with Crippen LogP contribution in [0.5, 0.6) is 0 Å². The molecule has 5 heteroatoms. The summed E-state index contributed by atoms with van der Waals surface area (Å²) in [6.45, 7) is 8.51. The molecule has 144 valence electrons. The molecular weight excluding hydrogens is 330 g/mol. The number of ether oxygens (including phenoxy) is 2. The standard InChI is InChI=1S/C21H31NO4/c1-15(17-9-7-6-8-10-17)22-12-11-16(14-19(23)25-5)13-18(22)20(24)26-21(2,3)4/h6-10,15-16,18H,11-14H2,1-5H3/t15-,16+,18-/m0/s1. The average molecular weight is 361 g/mol. The average Bonchev–Trinajstić information content (AvgIpc) is 2.60. The Bertz CT molecular complexity index is 608. The fourth-order valence-corrected chi connectivity index (χ4v) is 3.55. The molecule has 0 amide bonds. The maximum absolute atomic E-state index is 12.9. The topological polar surface area (TPSA) is 55.8 Å². The normalized spacial score (nSPS) is 22.5. The van der Waals surface area contributed by atoms with Gasteiger partial charge in [0, 0.05) is 12.5 Å². The highest BCUT2D eigenvalue weighted by Crippen LogP contribution is 2.33. The number of rotatable bonds is 5. The molecule has 0 unspecified atom stereocenters. The zero-order chi connectivity index (χ0) is 19.3. The zero-order valence-corrected chi connectivity index (χ0v) is 16.5. The predicted octanol–water partition coefficient (Wildman–Crippen LogP) is 3.73. The van der Waals surface area contributed by atoms with Gasteiger partial charge in [-0.15, -0.1) is 0 Å². The minimum Gasteiger partial charge on any atom is -0.469 e. The molecule has 0 radical (unpaired) electrons. The first-order chi connectivity index (χ1) is 12.2. The number of methoxy groups -OCH3 is 1. The molecule has 26 heavy (non-hydrogen) atoms. The fraction of sp³-hybridized carbons (Fsp3) is 0.619. The number of likely N-dealkylation sites (tertiary alicyclic amines) is 1. The van der Waals surface area contributed by atoms with E-state index in [4.69, 9.17) is 9.47 Å². The highest BCUT2D eigenvalue weighted by atomic mass is 16.6. The highest BCUT2D eigenvalue weighted by Gasteiger charge is 2.39. The molecule has 0 aromatic heterocycles. The van der Waals surface area contributed by atoms with Crippen LogP contribution in [0.4, 0.5) is 0 Å². The van der Waals surface area contributed by atoms with E-state index in [2.05, 4.69) is 24.0 Å². The third kappa shape index (κ3) is 5.56. The number of benzene rings is 1. The third-order valence-electron chi connectivity index (χ3n) is 4.89. The molecule has 1 heterocycles. The van der Waals surface area contributed by atoms with Gasteiger partial charge in [0.2, 0.25) is 0 Å². The molecule has 0 aliphatic carbocycles. The Hall–Kier alpha value is -1.88. The Morgan fingerprint density at radius 2 is 1.88 bits per heavy atom. The molecule has 2 rings (SSSR count). The Balaban J connectivity index is 2.19. The second-order valence-electron chi connectivity index (χ2n) is 8.04. The molecule has 1 aromatic carbocycles. The Morgan fingerprint density at radius 1 is 1.23 bits per heavy atom. The van der Waals surface area contributed by atoms with Crippen LogP contribution in [0.3, 0.4) is 0 Å². The van der Waals surface area contributed by atoms with Gasteiger partial charge in [0.1, 0.15) is 11.6 Å². The lowest BCUT2D eigenvalue weighted by atomic mass is 9.86. The van der Waals surface area contributed by atoms with Gasteiger partial charge in [0.05, 0.1) is 7.11 Å². The zero-order valence-electron chi connectivity index (χ0n) is 16.5. The van der Waals surface area contributed by atoms with Crippen LogP contribution in [-0.2, 0) is 19.1 Å². The van der Waals surface area contributed by atoms with Crippen LogP contribution >= 0.6 is 0 Å². The van der Waals surface area contributed by atoms with Crippen molar-refractivity contribution < 1.29 is 19.1 Å².